The topological polar surface area (TPSA) is 67.4 Å². The minimum Gasteiger partial charge on any atom is -0.462 e. The van der Waals surface area contributed by atoms with E-state index in [-0.39, 0.29) is 28.4 Å². The summed E-state index contributed by atoms with van der Waals surface area (Å²) in [5.41, 5.74) is 0.978. The Kier molecular flexibility index (Phi) is 4.88. The van der Waals surface area contributed by atoms with E-state index in [9.17, 15) is 9.59 Å². The summed E-state index contributed by atoms with van der Waals surface area (Å²) in [6.07, 6.45) is 7.72. The van der Waals surface area contributed by atoms with Crippen LogP contribution >= 0.6 is 11.3 Å². The molecule has 0 unspecified atom stereocenters. The number of carbonyl (C=O) groups is 2. The molecule has 4 saturated carbocycles. The van der Waals surface area contributed by atoms with Crippen molar-refractivity contribution in [1.82, 2.24) is 5.32 Å². The molecule has 2 heterocycles. The lowest BCUT2D eigenvalue weighted by Crippen LogP contribution is -2.55. The molecule has 0 saturated heterocycles. The molecule has 1 aromatic rings. The summed E-state index contributed by atoms with van der Waals surface area (Å²) in [4.78, 5) is 27.9. The molecule has 4 bridgehead atoms. The van der Waals surface area contributed by atoms with E-state index in [1.807, 2.05) is 6.92 Å². The average Bonchev–Trinajstić information content (AvgIpc) is 2.97. The third-order valence-corrected chi connectivity index (χ3v) is 9.54. The highest BCUT2D eigenvalue weighted by Gasteiger charge is 2.55. The van der Waals surface area contributed by atoms with Crippen LogP contribution in [0.1, 0.15) is 93.9 Å². The number of amides is 1. The Morgan fingerprint density at radius 2 is 1.65 bits per heavy atom. The Labute approximate surface area is 189 Å². The van der Waals surface area contributed by atoms with Crippen LogP contribution < -0.4 is 10.6 Å². The van der Waals surface area contributed by atoms with Crippen LogP contribution in [0.3, 0.4) is 0 Å². The molecular weight excluding hydrogens is 408 g/mol. The Balaban J connectivity index is 1.51. The zero-order valence-electron chi connectivity index (χ0n) is 19.5. The third-order valence-electron chi connectivity index (χ3n) is 8.07. The van der Waals surface area contributed by atoms with Gasteiger partial charge in [-0.15, -0.1) is 11.3 Å². The number of nitrogens with one attached hydrogen (secondary N) is 2. The lowest BCUT2D eigenvalue weighted by molar-refractivity contribution is -0.140. The van der Waals surface area contributed by atoms with E-state index in [4.69, 9.17) is 4.74 Å². The molecule has 5 nitrogen and oxygen atoms in total. The Hall–Kier alpha value is -1.40. The van der Waals surface area contributed by atoms with Crippen LogP contribution in [-0.4, -0.2) is 24.0 Å². The molecule has 0 atom stereocenters. The molecule has 4 aliphatic carbocycles. The van der Waals surface area contributed by atoms with E-state index in [1.165, 1.54) is 19.3 Å². The zero-order valence-corrected chi connectivity index (χ0v) is 20.3. The van der Waals surface area contributed by atoms with Crippen molar-refractivity contribution in [3.05, 3.63) is 16.0 Å². The van der Waals surface area contributed by atoms with Crippen LogP contribution in [0, 0.1) is 23.2 Å². The molecule has 5 aliphatic rings. The van der Waals surface area contributed by atoms with Gasteiger partial charge in [-0.25, -0.2) is 4.79 Å². The number of rotatable bonds is 4. The van der Waals surface area contributed by atoms with Crippen molar-refractivity contribution in [1.29, 1.82) is 0 Å². The first kappa shape index (κ1) is 21.4. The van der Waals surface area contributed by atoms with E-state index in [0.717, 1.165) is 36.1 Å². The molecule has 1 amide bonds. The predicted octanol–water partition coefficient (Wildman–Crippen LogP) is 5.24. The maximum Gasteiger partial charge on any atom is 0.341 e. The van der Waals surface area contributed by atoms with Gasteiger partial charge >= 0.3 is 5.97 Å². The first-order chi connectivity index (χ1) is 14.5. The van der Waals surface area contributed by atoms with E-state index >= 15 is 0 Å². The summed E-state index contributed by atoms with van der Waals surface area (Å²) in [5.74, 6) is 1.96. The molecule has 0 radical (unpaired) electrons. The molecule has 6 rings (SSSR count). The van der Waals surface area contributed by atoms with E-state index in [1.54, 1.807) is 11.3 Å². The maximum absolute atomic E-state index is 13.7. The van der Waals surface area contributed by atoms with Crippen molar-refractivity contribution in [2.24, 2.45) is 23.2 Å². The Morgan fingerprint density at radius 3 is 2.19 bits per heavy atom. The fourth-order valence-corrected chi connectivity index (χ4v) is 8.92. The first-order valence-corrected chi connectivity index (χ1v) is 12.8. The molecule has 4 fully saturated rings. The van der Waals surface area contributed by atoms with Gasteiger partial charge in [-0.3, -0.25) is 4.79 Å². The van der Waals surface area contributed by atoms with Gasteiger partial charge in [0.15, 0.2) is 0 Å². The number of fused-ring (bicyclic) bond motifs is 1. The second-order valence-corrected chi connectivity index (χ2v) is 12.8. The highest BCUT2D eigenvalue weighted by atomic mass is 32.1. The van der Waals surface area contributed by atoms with Crippen LogP contribution in [0.25, 0.3) is 0 Å². The van der Waals surface area contributed by atoms with Crippen LogP contribution in [0.15, 0.2) is 0 Å². The number of anilines is 1. The SMILES string of the molecule is CCOC(=O)c1c(NC(=O)C23CC4CC(CC(C4)C2)C3)sc2c1CC(C)(C)NC2(C)C. The number of carbonyl (C=O) groups excluding carboxylic acids is 2. The number of hydrogen-bond donors (Lipinski definition) is 2. The van der Waals surface area contributed by atoms with Gasteiger partial charge in [-0.1, -0.05) is 0 Å². The Morgan fingerprint density at radius 1 is 1.06 bits per heavy atom. The van der Waals surface area contributed by atoms with Gasteiger partial charge in [0, 0.05) is 16.0 Å². The summed E-state index contributed by atoms with van der Waals surface area (Å²) < 4.78 is 5.46. The standard InChI is InChI=1S/C25H36N2O3S/c1-6-30-21(28)18-17-13-23(2,3)27-24(4,5)19(17)31-20(18)26-22(29)25-10-14-7-15(11-25)9-16(8-14)12-25/h14-16,27H,6-13H2,1-5H3,(H,26,29). The summed E-state index contributed by atoms with van der Waals surface area (Å²) in [7, 11) is 0. The molecule has 1 aliphatic heterocycles. The molecule has 170 valence electrons. The lowest BCUT2D eigenvalue weighted by Gasteiger charge is -2.55. The number of ether oxygens (including phenoxy) is 1. The smallest absolute Gasteiger partial charge is 0.341 e. The molecule has 1 aromatic heterocycles. The highest BCUT2D eigenvalue weighted by Crippen LogP contribution is 2.60. The van der Waals surface area contributed by atoms with E-state index in [2.05, 4.69) is 38.3 Å². The van der Waals surface area contributed by atoms with Gasteiger partial charge in [0.1, 0.15) is 5.00 Å². The molecule has 31 heavy (non-hydrogen) atoms. The second kappa shape index (κ2) is 7.05. The van der Waals surface area contributed by atoms with Crippen molar-refractivity contribution in [3.8, 4) is 0 Å². The minimum atomic E-state index is -0.311. The van der Waals surface area contributed by atoms with Gasteiger partial charge < -0.3 is 15.4 Å². The lowest BCUT2D eigenvalue weighted by atomic mass is 9.49. The summed E-state index contributed by atoms with van der Waals surface area (Å²) >= 11 is 1.56. The second-order valence-electron chi connectivity index (χ2n) is 11.8. The van der Waals surface area contributed by atoms with Crippen LogP contribution in [0.4, 0.5) is 5.00 Å². The molecule has 0 spiro atoms. The highest BCUT2D eigenvalue weighted by molar-refractivity contribution is 7.17. The quantitative estimate of drug-likeness (QED) is 0.623. The van der Waals surface area contributed by atoms with Gasteiger partial charge in [-0.2, -0.15) is 0 Å². The fourth-order valence-electron chi connectivity index (χ4n) is 7.66. The average molecular weight is 445 g/mol. The van der Waals surface area contributed by atoms with Crippen molar-refractivity contribution in [2.75, 3.05) is 11.9 Å². The summed E-state index contributed by atoms with van der Waals surface area (Å²) in [6.45, 7) is 10.8. The normalized spacial score (nSPS) is 34.3. The largest absolute Gasteiger partial charge is 0.462 e. The Bertz CT molecular complexity index is 894. The third kappa shape index (κ3) is 3.54. The van der Waals surface area contributed by atoms with Crippen LogP contribution in [0.5, 0.6) is 0 Å². The fraction of sp³-hybridized carbons (Fsp3) is 0.760. The van der Waals surface area contributed by atoms with Crippen LogP contribution in [-0.2, 0) is 21.5 Å². The summed E-state index contributed by atoms with van der Waals surface area (Å²) in [5, 5.41) is 7.68. The molecular formula is C25H36N2O3S. The van der Waals surface area contributed by atoms with Crippen molar-refractivity contribution >= 4 is 28.2 Å². The van der Waals surface area contributed by atoms with Gasteiger partial charge in [0.05, 0.1) is 17.6 Å². The van der Waals surface area contributed by atoms with Gasteiger partial charge in [-0.05, 0) is 103 Å². The molecule has 6 heteroatoms. The molecule has 2 N–H and O–H groups in total. The van der Waals surface area contributed by atoms with E-state index in [0.29, 0.717) is 34.9 Å². The van der Waals surface area contributed by atoms with E-state index < -0.39 is 0 Å². The van der Waals surface area contributed by atoms with Gasteiger partial charge in [0.25, 0.3) is 0 Å². The van der Waals surface area contributed by atoms with Crippen molar-refractivity contribution in [2.45, 2.75) is 90.6 Å². The zero-order chi connectivity index (χ0) is 22.2. The predicted molar refractivity (Wildman–Crippen MR) is 123 cm³/mol. The minimum absolute atomic E-state index is 0.139. The first-order valence-electron chi connectivity index (χ1n) is 12.0. The monoisotopic (exact) mass is 444 g/mol. The number of thiophene rings is 1. The van der Waals surface area contributed by atoms with Crippen molar-refractivity contribution < 1.29 is 14.3 Å². The van der Waals surface area contributed by atoms with Gasteiger partial charge in [0.2, 0.25) is 5.91 Å². The van der Waals surface area contributed by atoms with Crippen LogP contribution in [0.2, 0.25) is 0 Å². The summed E-state index contributed by atoms with van der Waals surface area (Å²) in [6, 6.07) is 0. The number of hydrogen-bond acceptors (Lipinski definition) is 5. The van der Waals surface area contributed by atoms with Crippen molar-refractivity contribution in [3.63, 3.8) is 0 Å². The maximum atomic E-state index is 13.7. The number of esters is 1. The molecule has 0 aromatic carbocycles.